The van der Waals surface area contributed by atoms with Crippen LogP contribution in [0.3, 0.4) is 0 Å². The molecule has 6 nitrogen and oxygen atoms in total. The molecule has 1 unspecified atom stereocenters. The van der Waals surface area contributed by atoms with Crippen LogP contribution in [0.25, 0.3) is 11.3 Å². The van der Waals surface area contributed by atoms with Gasteiger partial charge in [0.05, 0.1) is 0 Å². The van der Waals surface area contributed by atoms with E-state index in [-0.39, 0.29) is 13.0 Å². The van der Waals surface area contributed by atoms with E-state index in [0.29, 0.717) is 17.3 Å². The van der Waals surface area contributed by atoms with Gasteiger partial charge in [0.1, 0.15) is 23.8 Å². The fourth-order valence-corrected chi connectivity index (χ4v) is 3.06. The lowest BCUT2D eigenvalue weighted by Crippen LogP contribution is -2.29. The number of aromatic nitrogens is 1. The average Bonchev–Trinajstić information content (AvgIpc) is 3.28. The third-order valence-corrected chi connectivity index (χ3v) is 4.65. The van der Waals surface area contributed by atoms with Gasteiger partial charge < -0.3 is 19.1 Å². The second-order valence-electron chi connectivity index (χ2n) is 6.94. The third-order valence-electron chi connectivity index (χ3n) is 4.65. The quantitative estimate of drug-likeness (QED) is 0.414. The summed E-state index contributed by atoms with van der Waals surface area (Å²) in [5, 5.41) is 13.6. The number of benzene rings is 3. The van der Waals surface area contributed by atoms with Gasteiger partial charge >= 0.3 is 5.97 Å². The molecule has 0 aliphatic carbocycles. The maximum absolute atomic E-state index is 11.6. The molecule has 1 atom stereocenters. The number of aliphatic carboxylic acids is 1. The molecule has 0 saturated carbocycles. The molecular weight excluding hydrogens is 394 g/mol. The van der Waals surface area contributed by atoms with Crippen LogP contribution in [-0.4, -0.2) is 22.3 Å². The van der Waals surface area contributed by atoms with E-state index in [1.54, 1.807) is 36.4 Å². The first kappa shape index (κ1) is 20.2. The highest BCUT2D eigenvalue weighted by Crippen LogP contribution is 2.21. The zero-order valence-corrected chi connectivity index (χ0v) is 16.7. The fourth-order valence-electron chi connectivity index (χ4n) is 3.06. The Balaban J connectivity index is 1.34. The van der Waals surface area contributed by atoms with Gasteiger partial charge in [-0.05, 0) is 29.8 Å². The van der Waals surface area contributed by atoms with E-state index >= 15 is 0 Å². The number of rotatable bonds is 9. The smallest absolute Gasteiger partial charge is 0.345 e. The molecule has 31 heavy (non-hydrogen) atoms. The predicted octanol–water partition coefficient (Wildman–Crippen LogP) is 5.00. The van der Waals surface area contributed by atoms with Crippen molar-refractivity contribution in [1.29, 1.82) is 0 Å². The minimum absolute atomic E-state index is 0.243. The Kier molecular flexibility index (Phi) is 6.28. The van der Waals surface area contributed by atoms with Crippen LogP contribution < -0.4 is 9.47 Å². The highest BCUT2D eigenvalue weighted by molar-refractivity contribution is 5.73. The number of nitrogens with zero attached hydrogens (tertiary/aromatic N) is 1. The fraction of sp³-hybridized carbons (Fsp3) is 0.120. The molecule has 4 aromatic rings. The molecule has 0 spiro atoms. The van der Waals surface area contributed by atoms with Crippen molar-refractivity contribution in [2.45, 2.75) is 19.1 Å². The van der Waals surface area contributed by atoms with Gasteiger partial charge in [-0.2, -0.15) is 0 Å². The first-order valence-electron chi connectivity index (χ1n) is 9.84. The summed E-state index contributed by atoms with van der Waals surface area (Å²) in [5.74, 6) is 0.780. The lowest BCUT2D eigenvalue weighted by atomic mass is 10.1. The summed E-state index contributed by atoms with van der Waals surface area (Å²) in [6.07, 6.45) is -0.729. The Labute approximate surface area is 179 Å². The monoisotopic (exact) mass is 415 g/mol. The molecule has 6 heteroatoms. The van der Waals surface area contributed by atoms with Gasteiger partial charge in [0.15, 0.2) is 11.9 Å². The molecule has 1 N–H and O–H groups in total. The molecule has 0 bridgehead atoms. The van der Waals surface area contributed by atoms with Crippen molar-refractivity contribution in [3.05, 3.63) is 102 Å². The van der Waals surface area contributed by atoms with Crippen LogP contribution in [0.15, 0.2) is 95.5 Å². The zero-order chi connectivity index (χ0) is 21.5. The molecule has 0 aliphatic rings. The van der Waals surface area contributed by atoms with Crippen molar-refractivity contribution in [2.75, 3.05) is 0 Å². The molecule has 1 aromatic heterocycles. The largest absolute Gasteiger partial charge is 0.486 e. The van der Waals surface area contributed by atoms with Crippen LogP contribution in [0.2, 0.25) is 0 Å². The van der Waals surface area contributed by atoms with Gasteiger partial charge in [0, 0.05) is 18.1 Å². The number of carboxylic acids is 1. The summed E-state index contributed by atoms with van der Waals surface area (Å²) >= 11 is 0. The van der Waals surface area contributed by atoms with Crippen LogP contribution in [-0.2, 0) is 17.8 Å². The van der Waals surface area contributed by atoms with Crippen molar-refractivity contribution in [1.82, 2.24) is 5.16 Å². The predicted molar refractivity (Wildman–Crippen MR) is 115 cm³/mol. The second kappa shape index (κ2) is 9.63. The number of hydrogen-bond acceptors (Lipinski definition) is 5. The van der Waals surface area contributed by atoms with Gasteiger partial charge in [-0.1, -0.05) is 65.8 Å². The van der Waals surface area contributed by atoms with Gasteiger partial charge in [0.2, 0.25) is 0 Å². The molecule has 3 aromatic carbocycles. The van der Waals surface area contributed by atoms with Crippen LogP contribution in [0, 0.1) is 0 Å². The molecule has 4 rings (SSSR count). The molecular formula is C25H21NO5. The Morgan fingerprint density at radius 3 is 2.26 bits per heavy atom. The van der Waals surface area contributed by atoms with E-state index in [1.807, 2.05) is 54.6 Å². The SMILES string of the molecule is O=C(O)C(Cc1ccc(OCc2cc(-c3ccccc3)no2)cc1)Oc1ccccc1. The normalized spacial score (nSPS) is 11.6. The van der Waals surface area contributed by atoms with Crippen molar-refractivity contribution in [2.24, 2.45) is 0 Å². The molecule has 0 fully saturated rings. The summed E-state index contributed by atoms with van der Waals surface area (Å²) in [6.45, 7) is 0.244. The number of para-hydroxylation sites is 1. The maximum Gasteiger partial charge on any atom is 0.345 e. The van der Waals surface area contributed by atoms with Crippen LogP contribution in [0.1, 0.15) is 11.3 Å². The van der Waals surface area contributed by atoms with Crippen LogP contribution in [0.5, 0.6) is 11.5 Å². The molecule has 156 valence electrons. The standard InChI is InChI=1S/C25H21NO5/c27-25(28)24(30-21-9-5-2-6-10-21)15-18-11-13-20(14-12-18)29-17-22-16-23(26-31-22)19-7-3-1-4-8-19/h1-14,16,24H,15,17H2,(H,27,28). The topological polar surface area (TPSA) is 81.8 Å². The van der Waals surface area contributed by atoms with E-state index in [9.17, 15) is 9.90 Å². The van der Waals surface area contributed by atoms with Crippen molar-refractivity contribution in [3.8, 4) is 22.8 Å². The number of ether oxygens (including phenoxy) is 2. The lowest BCUT2D eigenvalue weighted by molar-refractivity contribution is -0.145. The Hall–Kier alpha value is -4.06. The minimum atomic E-state index is -1.01. The maximum atomic E-state index is 11.6. The summed E-state index contributed by atoms with van der Waals surface area (Å²) < 4.78 is 16.7. The Bertz CT molecular complexity index is 1110. The first-order chi connectivity index (χ1) is 15.2. The summed E-state index contributed by atoms with van der Waals surface area (Å²) in [4.78, 5) is 11.6. The van der Waals surface area contributed by atoms with Gasteiger partial charge in [-0.15, -0.1) is 0 Å². The second-order valence-corrected chi connectivity index (χ2v) is 6.94. The van der Waals surface area contributed by atoms with E-state index in [0.717, 1.165) is 16.8 Å². The third kappa shape index (κ3) is 5.51. The number of carboxylic acid groups (broad SMARTS) is 1. The highest BCUT2D eigenvalue weighted by atomic mass is 16.5. The molecule has 0 radical (unpaired) electrons. The summed E-state index contributed by atoms with van der Waals surface area (Å²) in [5.41, 5.74) is 2.57. The highest BCUT2D eigenvalue weighted by Gasteiger charge is 2.20. The Morgan fingerprint density at radius 2 is 1.58 bits per heavy atom. The summed E-state index contributed by atoms with van der Waals surface area (Å²) in [6, 6.07) is 27.8. The van der Waals surface area contributed by atoms with Gasteiger partial charge in [-0.3, -0.25) is 0 Å². The van der Waals surface area contributed by atoms with Crippen molar-refractivity contribution in [3.63, 3.8) is 0 Å². The van der Waals surface area contributed by atoms with Crippen LogP contribution >= 0.6 is 0 Å². The average molecular weight is 415 g/mol. The number of carbonyl (C=O) groups is 1. The first-order valence-corrected chi connectivity index (χ1v) is 9.84. The molecule has 0 amide bonds. The van der Waals surface area contributed by atoms with Crippen LogP contribution in [0.4, 0.5) is 0 Å². The van der Waals surface area contributed by atoms with E-state index in [1.165, 1.54) is 0 Å². The van der Waals surface area contributed by atoms with E-state index in [4.69, 9.17) is 14.0 Å². The summed E-state index contributed by atoms with van der Waals surface area (Å²) in [7, 11) is 0. The van der Waals surface area contributed by atoms with E-state index in [2.05, 4.69) is 5.16 Å². The van der Waals surface area contributed by atoms with Gasteiger partial charge in [0.25, 0.3) is 0 Å². The minimum Gasteiger partial charge on any atom is -0.486 e. The number of hydrogen-bond donors (Lipinski definition) is 1. The van der Waals surface area contributed by atoms with Gasteiger partial charge in [-0.25, -0.2) is 4.79 Å². The Morgan fingerprint density at radius 1 is 0.903 bits per heavy atom. The zero-order valence-electron chi connectivity index (χ0n) is 16.7. The molecule has 0 aliphatic heterocycles. The molecule has 1 heterocycles. The van der Waals surface area contributed by atoms with Crippen molar-refractivity contribution < 1.29 is 23.9 Å². The van der Waals surface area contributed by atoms with E-state index < -0.39 is 12.1 Å². The lowest BCUT2D eigenvalue weighted by Gasteiger charge is -2.15. The molecule has 0 saturated heterocycles. The van der Waals surface area contributed by atoms with Crippen molar-refractivity contribution >= 4 is 5.97 Å².